The Kier molecular flexibility index (Phi) is 5.11. The molecular formula is C16H18. The molecular weight excluding hydrogens is 192 g/mol. The molecule has 0 nitrogen and oxygen atoms in total. The van der Waals surface area contributed by atoms with Gasteiger partial charge in [0, 0.05) is 5.57 Å². The first-order chi connectivity index (χ1) is 7.81. The summed E-state index contributed by atoms with van der Waals surface area (Å²) < 4.78 is 0. The average Bonchev–Trinajstić information content (AvgIpc) is 2.55. The number of hydrogen-bond donors (Lipinski definition) is 0. The van der Waals surface area contributed by atoms with Crippen LogP contribution >= 0.6 is 0 Å². The standard InChI is InChI=1S/C16H18/c1-4-7-10-15(6-3)16-11-8-9-14(5-2)12-13-16/h4,6-10,12-13H,1,5H2,2-3H3/b10-7-,15-6+. The van der Waals surface area contributed by atoms with Gasteiger partial charge < -0.3 is 0 Å². The molecule has 0 radical (unpaired) electrons. The first-order valence-corrected chi connectivity index (χ1v) is 5.61. The van der Waals surface area contributed by atoms with Gasteiger partial charge in [-0.2, -0.15) is 0 Å². The van der Waals surface area contributed by atoms with Crippen molar-refractivity contribution >= 4 is 0 Å². The fourth-order valence-corrected chi connectivity index (χ4v) is 1.46. The van der Waals surface area contributed by atoms with Crippen molar-refractivity contribution < 1.29 is 0 Å². The van der Waals surface area contributed by atoms with E-state index < -0.39 is 0 Å². The average molecular weight is 210 g/mol. The molecule has 0 atom stereocenters. The lowest BCUT2D eigenvalue weighted by molar-refractivity contribution is 1.15. The summed E-state index contributed by atoms with van der Waals surface area (Å²) >= 11 is 0. The van der Waals surface area contributed by atoms with E-state index in [1.165, 1.54) is 5.57 Å². The fourth-order valence-electron chi connectivity index (χ4n) is 1.46. The van der Waals surface area contributed by atoms with Gasteiger partial charge >= 0.3 is 0 Å². The predicted molar refractivity (Wildman–Crippen MR) is 72.2 cm³/mol. The maximum absolute atomic E-state index is 3.68. The molecule has 0 heterocycles. The zero-order chi connectivity index (χ0) is 11.8. The van der Waals surface area contributed by atoms with Crippen molar-refractivity contribution in [3.8, 4) is 0 Å². The molecule has 0 aromatic carbocycles. The summed E-state index contributed by atoms with van der Waals surface area (Å²) in [7, 11) is 0. The molecule has 0 fully saturated rings. The number of rotatable bonds is 4. The van der Waals surface area contributed by atoms with Crippen molar-refractivity contribution in [1.29, 1.82) is 0 Å². The molecule has 1 aliphatic rings. The van der Waals surface area contributed by atoms with E-state index in [1.54, 1.807) is 6.08 Å². The third kappa shape index (κ3) is 3.42. The Bertz CT molecular complexity index is 431. The highest BCUT2D eigenvalue weighted by molar-refractivity contribution is 5.49. The molecule has 0 heteroatoms. The summed E-state index contributed by atoms with van der Waals surface area (Å²) in [5.41, 5.74) is 6.88. The fraction of sp³-hybridized carbons (Fsp3) is 0.188. The first-order valence-electron chi connectivity index (χ1n) is 5.61. The van der Waals surface area contributed by atoms with Crippen LogP contribution in [0.2, 0.25) is 0 Å². The first kappa shape index (κ1) is 12.3. The molecule has 1 aliphatic carbocycles. The van der Waals surface area contributed by atoms with Crippen LogP contribution in [0.25, 0.3) is 0 Å². The van der Waals surface area contributed by atoms with Crippen LogP contribution in [0.1, 0.15) is 20.3 Å². The number of allylic oxidation sites excluding steroid dienone is 10. The molecule has 0 aliphatic heterocycles. The van der Waals surface area contributed by atoms with Gasteiger partial charge in [-0.3, -0.25) is 0 Å². The second-order valence-corrected chi connectivity index (χ2v) is 3.49. The van der Waals surface area contributed by atoms with E-state index >= 15 is 0 Å². The van der Waals surface area contributed by atoms with Crippen LogP contribution in [-0.4, -0.2) is 0 Å². The quantitative estimate of drug-likeness (QED) is 0.467. The Balaban J connectivity index is 2.96. The summed E-state index contributed by atoms with van der Waals surface area (Å²) in [4.78, 5) is 0. The molecule has 16 heavy (non-hydrogen) atoms. The van der Waals surface area contributed by atoms with E-state index in [0.29, 0.717) is 0 Å². The Morgan fingerprint density at radius 1 is 1.44 bits per heavy atom. The summed E-state index contributed by atoms with van der Waals surface area (Å²) in [6, 6.07) is 0. The second-order valence-electron chi connectivity index (χ2n) is 3.49. The van der Waals surface area contributed by atoms with E-state index in [-0.39, 0.29) is 0 Å². The van der Waals surface area contributed by atoms with E-state index in [4.69, 9.17) is 0 Å². The van der Waals surface area contributed by atoms with Crippen LogP contribution in [-0.2, 0) is 0 Å². The lowest BCUT2D eigenvalue weighted by atomic mass is 10.1. The van der Waals surface area contributed by atoms with Gasteiger partial charge in [0.1, 0.15) is 0 Å². The van der Waals surface area contributed by atoms with Crippen molar-refractivity contribution in [3.05, 3.63) is 77.6 Å². The maximum atomic E-state index is 3.68. The normalized spacial score (nSPS) is 16.0. The SMILES string of the molecule is C=C/C=C\C(=C/C)C1=C=CC=C(CC)C=C1. The summed E-state index contributed by atoms with van der Waals surface area (Å²) in [5.74, 6) is 0. The van der Waals surface area contributed by atoms with E-state index in [0.717, 1.165) is 17.6 Å². The predicted octanol–water partition coefficient (Wildman–Crippen LogP) is 4.66. The van der Waals surface area contributed by atoms with Gasteiger partial charge in [-0.1, -0.05) is 50.0 Å². The molecule has 0 saturated carbocycles. The third-order valence-electron chi connectivity index (χ3n) is 2.44. The minimum atomic E-state index is 1.05. The van der Waals surface area contributed by atoms with Gasteiger partial charge in [-0.25, -0.2) is 0 Å². The minimum Gasteiger partial charge on any atom is -0.112 e. The Labute approximate surface area is 98.4 Å². The highest BCUT2D eigenvalue weighted by Gasteiger charge is 1.98. The minimum absolute atomic E-state index is 1.05. The molecule has 82 valence electrons. The largest absolute Gasteiger partial charge is 0.112 e. The van der Waals surface area contributed by atoms with Crippen LogP contribution in [0.3, 0.4) is 0 Å². The molecule has 0 saturated heterocycles. The lowest BCUT2D eigenvalue weighted by Crippen LogP contribution is -1.81. The van der Waals surface area contributed by atoms with E-state index in [9.17, 15) is 0 Å². The highest BCUT2D eigenvalue weighted by Crippen LogP contribution is 2.16. The highest BCUT2D eigenvalue weighted by atomic mass is 14.0. The molecule has 0 unspecified atom stereocenters. The molecule has 1 rings (SSSR count). The summed E-state index contributed by atoms with van der Waals surface area (Å²) in [6.45, 7) is 7.86. The van der Waals surface area contributed by atoms with E-state index in [2.05, 4.69) is 43.5 Å². The summed E-state index contributed by atoms with van der Waals surface area (Å²) in [5, 5.41) is 0. The van der Waals surface area contributed by atoms with Gasteiger partial charge in [0.05, 0.1) is 0 Å². The van der Waals surface area contributed by atoms with Crippen LogP contribution in [0, 0.1) is 0 Å². The Morgan fingerprint density at radius 3 is 2.88 bits per heavy atom. The van der Waals surface area contributed by atoms with Gasteiger partial charge in [0.15, 0.2) is 0 Å². The molecule has 0 N–H and O–H groups in total. The van der Waals surface area contributed by atoms with Crippen molar-refractivity contribution in [1.82, 2.24) is 0 Å². The van der Waals surface area contributed by atoms with Gasteiger partial charge in [-0.05, 0) is 36.6 Å². The van der Waals surface area contributed by atoms with Crippen molar-refractivity contribution in [2.24, 2.45) is 0 Å². The van der Waals surface area contributed by atoms with Crippen LogP contribution < -0.4 is 0 Å². The zero-order valence-corrected chi connectivity index (χ0v) is 10.0. The lowest BCUT2D eigenvalue weighted by Gasteiger charge is -1.99. The molecule has 0 amide bonds. The molecule has 0 aromatic heterocycles. The Hall–Kier alpha value is -1.78. The smallest absolute Gasteiger partial charge is 0.0233 e. The zero-order valence-electron chi connectivity index (χ0n) is 10.0. The second kappa shape index (κ2) is 6.66. The molecule has 0 bridgehead atoms. The summed E-state index contributed by atoms with van der Waals surface area (Å²) in [6.07, 6.45) is 17.3. The third-order valence-corrected chi connectivity index (χ3v) is 2.44. The Morgan fingerprint density at radius 2 is 2.25 bits per heavy atom. The van der Waals surface area contributed by atoms with Crippen LogP contribution in [0.4, 0.5) is 0 Å². The van der Waals surface area contributed by atoms with Crippen LogP contribution in [0.15, 0.2) is 77.6 Å². The van der Waals surface area contributed by atoms with Crippen molar-refractivity contribution in [3.63, 3.8) is 0 Å². The van der Waals surface area contributed by atoms with Gasteiger partial charge in [0.25, 0.3) is 0 Å². The molecule has 0 spiro atoms. The topological polar surface area (TPSA) is 0 Å². The monoisotopic (exact) mass is 210 g/mol. The van der Waals surface area contributed by atoms with Gasteiger partial charge in [0.2, 0.25) is 0 Å². The molecule has 0 aromatic rings. The van der Waals surface area contributed by atoms with Crippen LogP contribution in [0.5, 0.6) is 0 Å². The van der Waals surface area contributed by atoms with Gasteiger partial charge in [-0.15, -0.1) is 5.73 Å². The number of hydrogen-bond acceptors (Lipinski definition) is 0. The van der Waals surface area contributed by atoms with Crippen molar-refractivity contribution in [2.45, 2.75) is 20.3 Å². The van der Waals surface area contributed by atoms with E-state index in [1.807, 2.05) is 25.2 Å². The maximum Gasteiger partial charge on any atom is 0.0233 e. The van der Waals surface area contributed by atoms with Crippen molar-refractivity contribution in [2.75, 3.05) is 0 Å².